The first-order valence-corrected chi connectivity index (χ1v) is 6.22. The van der Waals surface area contributed by atoms with E-state index in [1.165, 1.54) is 0 Å². The number of pyridine rings is 1. The number of hydrogen-bond acceptors (Lipinski definition) is 4. The van der Waals surface area contributed by atoms with Gasteiger partial charge < -0.3 is 10.6 Å². The van der Waals surface area contributed by atoms with Crippen molar-refractivity contribution in [1.82, 2.24) is 4.98 Å². The second kappa shape index (κ2) is 5.87. The van der Waals surface area contributed by atoms with E-state index in [4.69, 9.17) is 0 Å². The summed E-state index contributed by atoms with van der Waals surface area (Å²) in [5, 5.41) is 15.5. The normalized spacial score (nSPS) is 9.74. The summed E-state index contributed by atoms with van der Waals surface area (Å²) in [6.07, 6.45) is 0. The van der Waals surface area contributed by atoms with Crippen LogP contribution in [0.1, 0.15) is 18.1 Å². The Morgan fingerprint density at radius 1 is 1.16 bits per heavy atom. The minimum absolute atomic E-state index is 0.651. The number of nitrogens with one attached hydrogen (secondary N) is 2. The summed E-state index contributed by atoms with van der Waals surface area (Å²) in [4.78, 5) is 4.43. The molecule has 0 unspecified atom stereocenters. The smallest absolute Gasteiger partial charge is 0.132 e. The van der Waals surface area contributed by atoms with Crippen LogP contribution < -0.4 is 10.6 Å². The summed E-state index contributed by atoms with van der Waals surface area (Å²) in [5.41, 5.74) is 2.39. The second-order valence-corrected chi connectivity index (χ2v) is 4.17. The maximum absolute atomic E-state index is 9.19. The molecule has 1 aromatic carbocycles. The Hall–Kier alpha value is -2.54. The Bertz CT molecular complexity index is 614. The van der Waals surface area contributed by atoms with Crippen LogP contribution in [0, 0.1) is 18.3 Å². The van der Waals surface area contributed by atoms with Crippen LogP contribution in [0.15, 0.2) is 36.4 Å². The Balaban J connectivity index is 2.29. The maximum Gasteiger partial charge on any atom is 0.132 e. The van der Waals surface area contributed by atoms with E-state index in [1.807, 2.05) is 50.2 Å². The zero-order chi connectivity index (χ0) is 13.7. The number of benzene rings is 1. The average Bonchev–Trinajstić information content (AvgIpc) is 2.40. The monoisotopic (exact) mass is 252 g/mol. The number of aryl methyl sites for hydroxylation is 1. The molecule has 0 aliphatic rings. The van der Waals surface area contributed by atoms with E-state index >= 15 is 0 Å². The molecule has 0 aliphatic carbocycles. The maximum atomic E-state index is 9.19. The van der Waals surface area contributed by atoms with Gasteiger partial charge in [0.1, 0.15) is 17.7 Å². The highest BCUT2D eigenvalue weighted by atomic mass is 15.1. The lowest BCUT2D eigenvalue weighted by Gasteiger charge is -2.10. The predicted octanol–water partition coefficient (Wildman–Crippen LogP) is 3.44. The topological polar surface area (TPSA) is 60.7 Å². The van der Waals surface area contributed by atoms with Gasteiger partial charge in [0.15, 0.2) is 0 Å². The molecule has 4 heteroatoms. The summed E-state index contributed by atoms with van der Waals surface area (Å²) in [7, 11) is 0. The Labute approximate surface area is 113 Å². The molecule has 19 heavy (non-hydrogen) atoms. The molecule has 0 atom stereocenters. The van der Waals surface area contributed by atoms with Gasteiger partial charge in [0, 0.05) is 6.54 Å². The van der Waals surface area contributed by atoms with E-state index in [0.29, 0.717) is 5.56 Å². The first-order valence-electron chi connectivity index (χ1n) is 6.22. The first kappa shape index (κ1) is 12.9. The van der Waals surface area contributed by atoms with Crippen LogP contribution in [0.25, 0.3) is 0 Å². The van der Waals surface area contributed by atoms with Gasteiger partial charge in [-0.15, -0.1) is 0 Å². The SMILES string of the molecule is CCNc1cccc(Nc2cccc(C)c2C#N)n1. The van der Waals surface area contributed by atoms with Crippen molar-refractivity contribution in [2.75, 3.05) is 17.2 Å². The van der Waals surface area contributed by atoms with Gasteiger partial charge in [0.05, 0.1) is 11.3 Å². The van der Waals surface area contributed by atoms with Gasteiger partial charge in [0.2, 0.25) is 0 Å². The average molecular weight is 252 g/mol. The van der Waals surface area contributed by atoms with Crippen LogP contribution in [-0.2, 0) is 0 Å². The van der Waals surface area contributed by atoms with Crippen molar-refractivity contribution >= 4 is 17.3 Å². The van der Waals surface area contributed by atoms with Crippen LogP contribution in [0.2, 0.25) is 0 Å². The van der Waals surface area contributed by atoms with Gasteiger partial charge in [-0.1, -0.05) is 18.2 Å². The predicted molar refractivity (Wildman–Crippen MR) is 77.6 cm³/mol. The minimum atomic E-state index is 0.651. The van der Waals surface area contributed by atoms with Gasteiger partial charge in [0.25, 0.3) is 0 Å². The molecule has 0 fully saturated rings. The van der Waals surface area contributed by atoms with E-state index in [2.05, 4.69) is 21.7 Å². The second-order valence-electron chi connectivity index (χ2n) is 4.17. The number of hydrogen-bond donors (Lipinski definition) is 2. The fraction of sp³-hybridized carbons (Fsp3) is 0.200. The Morgan fingerprint density at radius 3 is 2.63 bits per heavy atom. The highest BCUT2D eigenvalue weighted by molar-refractivity contribution is 5.67. The molecule has 0 radical (unpaired) electrons. The highest BCUT2D eigenvalue weighted by Crippen LogP contribution is 2.22. The van der Waals surface area contributed by atoms with Crippen LogP contribution in [-0.4, -0.2) is 11.5 Å². The van der Waals surface area contributed by atoms with Crippen molar-refractivity contribution in [1.29, 1.82) is 5.26 Å². The quantitative estimate of drug-likeness (QED) is 0.875. The summed E-state index contributed by atoms with van der Waals surface area (Å²) in [6, 6.07) is 13.7. The molecular formula is C15H16N4. The van der Waals surface area contributed by atoms with Crippen LogP contribution in [0.4, 0.5) is 17.3 Å². The standard InChI is InChI=1S/C15H16N4/c1-3-17-14-8-5-9-15(19-14)18-13-7-4-6-11(2)12(13)10-16/h4-9H,3H2,1-2H3,(H2,17,18,19). The van der Waals surface area contributed by atoms with Crippen molar-refractivity contribution in [2.24, 2.45) is 0 Å². The van der Waals surface area contributed by atoms with Crippen molar-refractivity contribution in [3.05, 3.63) is 47.5 Å². The molecule has 0 saturated carbocycles. The molecule has 0 saturated heterocycles. The summed E-state index contributed by atoms with van der Waals surface area (Å²) in [6.45, 7) is 4.77. The summed E-state index contributed by atoms with van der Waals surface area (Å²) in [5.74, 6) is 1.54. The van der Waals surface area contributed by atoms with Gasteiger partial charge in [-0.3, -0.25) is 0 Å². The van der Waals surface area contributed by atoms with E-state index in [9.17, 15) is 5.26 Å². The fourth-order valence-electron chi connectivity index (χ4n) is 1.84. The number of anilines is 3. The zero-order valence-electron chi connectivity index (χ0n) is 11.1. The van der Waals surface area contributed by atoms with Gasteiger partial charge >= 0.3 is 0 Å². The van der Waals surface area contributed by atoms with E-state index in [1.54, 1.807) is 0 Å². The molecule has 2 aromatic rings. The van der Waals surface area contributed by atoms with E-state index in [0.717, 1.165) is 29.4 Å². The molecule has 0 spiro atoms. The third-order valence-corrected chi connectivity index (χ3v) is 2.75. The van der Waals surface area contributed by atoms with Crippen molar-refractivity contribution in [3.63, 3.8) is 0 Å². The summed E-state index contributed by atoms with van der Waals surface area (Å²) >= 11 is 0. The molecular weight excluding hydrogens is 236 g/mol. The van der Waals surface area contributed by atoms with Crippen LogP contribution >= 0.6 is 0 Å². The Kier molecular flexibility index (Phi) is 3.99. The minimum Gasteiger partial charge on any atom is -0.370 e. The van der Waals surface area contributed by atoms with Crippen LogP contribution in [0.5, 0.6) is 0 Å². The lowest BCUT2D eigenvalue weighted by molar-refractivity contribution is 1.16. The summed E-state index contributed by atoms with van der Waals surface area (Å²) < 4.78 is 0. The van der Waals surface area contributed by atoms with Crippen LogP contribution in [0.3, 0.4) is 0 Å². The number of nitrogens with zero attached hydrogens (tertiary/aromatic N) is 2. The molecule has 2 N–H and O–H groups in total. The molecule has 96 valence electrons. The molecule has 4 nitrogen and oxygen atoms in total. The zero-order valence-corrected chi connectivity index (χ0v) is 11.1. The third-order valence-electron chi connectivity index (χ3n) is 2.75. The van der Waals surface area contributed by atoms with Crippen molar-refractivity contribution in [3.8, 4) is 6.07 Å². The fourth-order valence-corrected chi connectivity index (χ4v) is 1.84. The molecule has 0 bridgehead atoms. The van der Waals surface area contributed by atoms with Gasteiger partial charge in [-0.25, -0.2) is 4.98 Å². The van der Waals surface area contributed by atoms with Gasteiger partial charge in [-0.05, 0) is 37.6 Å². The lowest BCUT2D eigenvalue weighted by atomic mass is 10.1. The first-order chi connectivity index (χ1) is 9.24. The van der Waals surface area contributed by atoms with Crippen molar-refractivity contribution < 1.29 is 0 Å². The third kappa shape index (κ3) is 3.02. The number of nitriles is 1. The van der Waals surface area contributed by atoms with Gasteiger partial charge in [-0.2, -0.15) is 5.26 Å². The molecule has 1 aromatic heterocycles. The van der Waals surface area contributed by atoms with E-state index in [-0.39, 0.29) is 0 Å². The highest BCUT2D eigenvalue weighted by Gasteiger charge is 2.05. The number of rotatable bonds is 4. The van der Waals surface area contributed by atoms with E-state index < -0.39 is 0 Å². The van der Waals surface area contributed by atoms with Crippen molar-refractivity contribution in [2.45, 2.75) is 13.8 Å². The molecule has 0 amide bonds. The number of aromatic nitrogens is 1. The largest absolute Gasteiger partial charge is 0.370 e. The molecule has 2 rings (SSSR count). The Morgan fingerprint density at radius 2 is 1.89 bits per heavy atom. The lowest BCUT2D eigenvalue weighted by Crippen LogP contribution is -2.02. The molecule has 1 heterocycles. The molecule has 0 aliphatic heterocycles.